The van der Waals surface area contributed by atoms with Gasteiger partial charge in [-0.05, 0) is 37.9 Å². The van der Waals surface area contributed by atoms with Crippen LogP contribution < -0.4 is 5.32 Å². The number of nitrogens with zero attached hydrogens (tertiary/aromatic N) is 3. The molecule has 0 saturated carbocycles. The highest BCUT2D eigenvalue weighted by molar-refractivity contribution is 5.56. The number of aromatic nitrogens is 1. The molecule has 2 heterocycles. The van der Waals surface area contributed by atoms with Crippen LogP contribution in [0.25, 0.3) is 0 Å². The van der Waals surface area contributed by atoms with E-state index in [0.717, 1.165) is 38.2 Å². The van der Waals surface area contributed by atoms with Crippen molar-refractivity contribution in [3.8, 4) is 0 Å². The number of anilines is 1. The molecule has 104 valence electrons. The van der Waals surface area contributed by atoms with Gasteiger partial charge in [-0.2, -0.15) is 0 Å². The molecule has 1 aliphatic rings. The van der Waals surface area contributed by atoms with E-state index in [1.165, 1.54) is 0 Å². The highest BCUT2D eigenvalue weighted by atomic mass is 16.6. The van der Waals surface area contributed by atoms with Crippen LogP contribution in [-0.2, 0) is 0 Å². The van der Waals surface area contributed by atoms with Gasteiger partial charge in [0.05, 0.1) is 4.92 Å². The van der Waals surface area contributed by atoms with Crippen molar-refractivity contribution in [3.05, 3.63) is 27.9 Å². The third-order valence-electron chi connectivity index (χ3n) is 3.58. The zero-order valence-electron chi connectivity index (χ0n) is 11.4. The van der Waals surface area contributed by atoms with Gasteiger partial charge in [0.15, 0.2) is 0 Å². The molecule has 1 atom stereocenters. The van der Waals surface area contributed by atoms with Gasteiger partial charge in [-0.15, -0.1) is 0 Å². The molecule has 2 rings (SSSR count). The van der Waals surface area contributed by atoms with E-state index in [1.807, 2.05) is 0 Å². The second kappa shape index (κ2) is 5.97. The van der Waals surface area contributed by atoms with Crippen molar-refractivity contribution in [1.82, 2.24) is 9.88 Å². The normalized spacial score (nSPS) is 19.6. The maximum atomic E-state index is 11.0. The summed E-state index contributed by atoms with van der Waals surface area (Å²) in [5, 5.41) is 14.1. The number of nitrogens with one attached hydrogen (secondary N) is 1. The molecule has 1 aliphatic heterocycles. The lowest BCUT2D eigenvalue weighted by Crippen LogP contribution is -2.22. The lowest BCUT2D eigenvalue weighted by molar-refractivity contribution is -0.384. The first kappa shape index (κ1) is 13.7. The topological polar surface area (TPSA) is 71.3 Å². The Morgan fingerprint density at radius 3 is 3.05 bits per heavy atom. The van der Waals surface area contributed by atoms with Crippen molar-refractivity contribution in [2.75, 3.05) is 31.5 Å². The molecular formula is C13H20N4O2. The Morgan fingerprint density at radius 1 is 1.63 bits per heavy atom. The lowest BCUT2D eigenvalue weighted by atomic mass is 10.1. The van der Waals surface area contributed by atoms with Gasteiger partial charge in [0.2, 0.25) is 5.82 Å². The molecule has 1 saturated heterocycles. The fraction of sp³-hybridized carbons (Fsp3) is 0.615. The van der Waals surface area contributed by atoms with Crippen molar-refractivity contribution < 1.29 is 4.92 Å². The summed E-state index contributed by atoms with van der Waals surface area (Å²) in [6, 6.07) is 1.56. The van der Waals surface area contributed by atoms with Crippen LogP contribution in [-0.4, -0.2) is 41.0 Å². The molecule has 19 heavy (non-hydrogen) atoms. The Balaban J connectivity index is 1.98. The quantitative estimate of drug-likeness (QED) is 0.651. The van der Waals surface area contributed by atoms with Gasteiger partial charge in [-0.25, -0.2) is 4.98 Å². The van der Waals surface area contributed by atoms with Crippen molar-refractivity contribution in [2.24, 2.45) is 5.92 Å². The predicted octanol–water partition coefficient (Wildman–Crippen LogP) is 2.05. The molecule has 0 aromatic carbocycles. The van der Waals surface area contributed by atoms with Gasteiger partial charge in [0.25, 0.3) is 0 Å². The minimum Gasteiger partial charge on any atom is -0.364 e. The lowest BCUT2D eigenvalue weighted by Gasteiger charge is -2.14. The van der Waals surface area contributed by atoms with E-state index in [-0.39, 0.29) is 10.6 Å². The van der Waals surface area contributed by atoms with Crippen LogP contribution in [0, 0.1) is 23.0 Å². The number of aryl methyl sites for hydroxylation is 1. The average Bonchev–Trinajstić information content (AvgIpc) is 2.85. The molecule has 1 fully saturated rings. The minimum absolute atomic E-state index is 0.0605. The highest BCUT2D eigenvalue weighted by Gasteiger charge is 2.22. The summed E-state index contributed by atoms with van der Waals surface area (Å²) < 4.78 is 0. The molecule has 1 N–H and O–H groups in total. The molecule has 1 aromatic rings. The van der Waals surface area contributed by atoms with E-state index < -0.39 is 0 Å². The zero-order chi connectivity index (χ0) is 13.8. The maximum Gasteiger partial charge on any atom is 0.311 e. The SMILES string of the molecule is CCN1CCC(CNc2ncc(C)cc2[N+](=O)[O-])C1. The molecule has 0 bridgehead atoms. The van der Waals surface area contributed by atoms with E-state index in [1.54, 1.807) is 19.2 Å². The summed E-state index contributed by atoms with van der Waals surface area (Å²) in [7, 11) is 0. The van der Waals surface area contributed by atoms with Gasteiger partial charge < -0.3 is 10.2 Å². The summed E-state index contributed by atoms with van der Waals surface area (Å²) >= 11 is 0. The fourth-order valence-corrected chi connectivity index (χ4v) is 2.44. The number of nitro groups is 1. The first-order valence-electron chi connectivity index (χ1n) is 6.67. The predicted molar refractivity (Wildman–Crippen MR) is 74.3 cm³/mol. The summed E-state index contributed by atoms with van der Waals surface area (Å²) in [5.74, 6) is 0.924. The van der Waals surface area contributed by atoms with E-state index in [0.29, 0.717) is 11.7 Å². The molecular weight excluding hydrogens is 244 g/mol. The van der Waals surface area contributed by atoms with Crippen LogP contribution in [0.3, 0.4) is 0 Å². The molecule has 0 spiro atoms. The van der Waals surface area contributed by atoms with Gasteiger partial charge >= 0.3 is 5.69 Å². The van der Waals surface area contributed by atoms with Crippen molar-refractivity contribution in [1.29, 1.82) is 0 Å². The maximum absolute atomic E-state index is 11.0. The first-order chi connectivity index (χ1) is 9.10. The van der Waals surface area contributed by atoms with Crippen LogP contribution in [0.1, 0.15) is 18.9 Å². The number of pyridine rings is 1. The Morgan fingerprint density at radius 2 is 2.42 bits per heavy atom. The van der Waals surface area contributed by atoms with Crippen molar-refractivity contribution >= 4 is 11.5 Å². The Hall–Kier alpha value is -1.69. The Kier molecular flexibility index (Phi) is 4.31. The average molecular weight is 264 g/mol. The zero-order valence-corrected chi connectivity index (χ0v) is 11.4. The number of rotatable bonds is 5. The van der Waals surface area contributed by atoms with Crippen LogP contribution in [0.4, 0.5) is 11.5 Å². The number of hydrogen-bond donors (Lipinski definition) is 1. The molecule has 1 aromatic heterocycles. The summed E-state index contributed by atoms with van der Waals surface area (Å²) in [6.45, 7) is 7.95. The van der Waals surface area contributed by atoms with Crippen LogP contribution in [0.5, 0.6) is 0 Å². The van der Waals surface area contributed by atoms with Crippen molar-refractivity contribution in [2.45, 2.75) is 20.3 Å². The Bertz CT molecular complexity index is 464. The van der Waals surface area contributed by atoms with Crippen LogP contribution in [0.2, 0.25) is 0 Å². The first-order valence-corrected chi connectivity index (χ1v) is 6.67. The van der Waals surface area contributed by atoms with E-state index in [4.69, 9.17) is 0 Å². The monoisotopic (exact) mass is 264 g/mol. The molecule has 6 heteroatoms. The number of hydrogen-bond acceptors (Lipinski definition) is 5. The van der Waals surface area contributed by atoms with E-state index in [2.05, 4.69) is 22.1 Å². The molecule has 0 aliphatic carbocycles. The van der Waals surface area contributed by atoms with E-state index in [9.17, 15) is 10.1 Å². The number of likely N-dealkylation sites (tertiary alicyclic amines) is 1. The Labute approximate surface area is 113 Å². The molecule has 1 unspecified atom stereocenters. The second-order valence-electron chi connectivity index (χ2n) is 5.07. The molecule has 0 amide bonds. The highest BCUT2D eigenvalue weighted by Crippen LogP contribution is 2.24. The molecule has 6 nitrogen and oxygen atoms in total. The minimum atomic E-state index is -0.380. The second-order valence-corrected chi connectivity index (χ2v) is 5.07. The summed E-state index contributed by atoms with van der Waals surface area (Å²) in [6.07, 6.45) is 2.79. The van der Waals surface area contributed by atoms with Gasteiger partial charge in [0, 0.05) is 25.4 Å². The largest absolute Gasteiger partial charge is 0.364 e. The third-order valence-corrected chi connectivity index (χ3v) is 3.58. The standard InChI is InChI=1S/C13H20N4O2/c1-3-16-5-4-11(9-16)8-15-13-12(17(18)19)6-10(2)7-14-13/h6-7,11H,3-5,8-9H2,1-2H3,(H,14,15). The van der Waals surface area contributed by atoms with Crippen LogP contribution >= 0.6 is 0 Å². The summed E-state index contributed by atoms with van der Waals surface area (Å²) in [4.78, 5) is 17.1. The summed E-state index contributed by atoms with van der Waals surface area (Å²) in [5.41, 5.74) is 0.862. The van der Waals surface area contributed by atoms with Crippen molar-refractivity contribution in [3.63, 3.8) is 0 Å². The smallest absolute Gasteiger partial charge is 0.311 e. The fourth-order valence-electron chi connectivity index (χ4n) is 2.44. The van der Waals surface area contributed by atoms with Crippen LogP contribution in [0.15, 0.2) is 12.3 Å². The van der Waals surface area contributed by atoms with Gasteiger partial charge in [-0.3, -0.25) is 10.1 Å². The van der Waals surface area contributed by atoms with Gasteiger partial charge in [-0.1, -0.05) is 6.92 Å². The molecule has 0 radical (unpaired) electrons. The van der Waals surface area contributed by atoms with E-state index >= 15 is 0 Å². The third kappa shape index (κ3) is 3.41. The van der Waals surface area contributed by atoms with Gasteiger partial charge in [0.1, 0.15) is 0 Å².